The second-order valence-electron chi connectivity index (χ2n) is 6.34. The number of ether oxygens (including phenoxy) is 1. The molecule has 0 radical (unpaired) electrons. The summed E-state index contributed by atoms with van der Waals surface area (Å²) in [6, 6.07) is 7.04. The summed E-state index contributed by atoms with van der Waals surface area (Å²) in [6.45, 7) is 12.2. The van der Waals surface area contributed by atoms with Crippen LogP contribution in [-0.2, 0) is 11.3 Å². The largest absolute Gasteiger partial charge is 0.372 e. The van der Waals surface area contributed by atoms with Crippen LogP contribution in [0.4, 0.5) is 5.69 Å². The molecule has 1 aromatic rings. The molecule has 3 nitrogen and oxygen atoms in total. The molecule has 0 amide bonds. The second-order valence-corrected chi connectivity index (χ2v) is 7.25. The third-order valence-corrected chi connectivity index (χ3v) is 4.00. The highest BCUT2D eigenvalue weighted by molar-refractivity contribution is 9.10. The maximum atomic E-state index is 5.81. The predicted octanol–water partition coefficient (Wildman–Crippen LogP) is 3.56. The lowest BCUT2D eigenvalue weighted by Gasteiger charge is -2.40. The molecule has 4 heteroatoms. The summed E-state index contributed by atoms with van der Waals surface area (Å²) >= 11 is 3.58. The van der Waals surface area contributed by atoms with Gasteiger partial charge in [0.15, 0.2) is 0 Å². The zero-order valence-electron chi connectivity index (χ0n) is 12.9. The van der Waals surface area contributed by atoms with Gasteiger partial charge in [-0.2, -0.15) is 0 Å². The molecule has 1 aliphatic rings. The fourth-order valence-corrected chi connectivity index (χ4v) is 2.95. The van der Waals surface area contributed by atoms with Crippen molar-refractivity contribution in [1.82, 2.24) is 5.32 Å². The quantitative estimate of drug-likeness (QED) is 0.906. The van der Waals surface area contributed by atoms with Gasteiger partial charge in [-0.15, -0.1) is 0 Å². The first-order chi connectivity index (χ1) is 9.37. The number of rotatable bonds is 4. The molecular weight excluding hydrogens is 316 g/mol. The van der Waals surface area contributed by atoms with Crippen molar-refractivity contribution in [1.29, 1.82) is 0 Å². The smallest absolute Gasteiger partial charge is 0.0801 e. The summed E-state index contributed by atoms with van der Waals surface area (Å²) in [4.78, 5) is 2.44. The molecule has 20 heavy (non-hydrogen) atoms. The van der Waals surface area contributed by atoms with Gasteiger partial charge < -0.3 is 15.0 Å². The Hall–Kier alpha value is -0.580. The van der Waals surface area contributed by atoms with Gasteiger partial charge in [0.1, 0.15) is 0 Å². The second kappa shape index (κ2) is 6.46. The predicted molar refractivity (Wildman–Crippen MR) is 88.4 cm³/mol. The van der Waals surface area contributed by atoms with Gasteiger partial charge in [-0.1, -0.05) is 29.8 Å². The van der Waals surface area contributed by atoms with Crippen LogP contribution in [0, 0.1) is 0 Å². The lowest BCUT2D eigenvalue weighted by molar-refractivity contribution is -0.0277. The van der Waals surface area contributed by atoms with E-state index in [2.05, 4.69) is 72.0 Å². The van der Waals surface area contributed by atoms with Crippen LogP contribution in [0.25, 0.3) is 0 Å². The first kappa shape index (κ1) is 15.8. The number of anilines is 1. The van der Waals surface area contributed by atoms with Crippen molar-refractivity contribution in [3.05, 3.63) is 28.2 Å². The van der Waals surface area contributed by atoms with E-state index in [-0.39, 0.29) is 5.60 Å². The molecule has 2 rings (SSSR count). The molecule has 0 aromatic heterocycles. The van der Waals surface area contributed by atoms with Gasteiger partial charge >= 0.3 is 0 Å². The molecule has 112 valence electrons. The summed E-state index contributed by atoms with van der Waals surface area (Å²) in [5, 5.41) is 3.51. The maximum Gasteiger partial charge on any atom is 0.0801 e. The minimum atomic E-state index is -0.0753. The molecule has 1 aliphatic heterocycles. The van der Waals surface area contributed by atoms with Crippen molar-refractivity contribution in [3.8, 4) is 0 Å². The molecule has 1 saturated heterocycles. The van der Waals surface area contributed by atoms with E-state index in [1.807, 2.05) is 0 Å². The average molecular weight is 341 g/mol. The highest BCUT2D eigenvalue weighted by Crippen LogP contribution is 2.28. The minimum Gasteiger partial charge on any atom is -0.372 e. The summed E-state index contributed by atoms with van der Waals surface area (Å²) in [5.41, 5.74) is 2.58. The Morgan fingerprint density at radius 3 is 2.80 bits per heavy atom. The van der Waals surface area contributed by atoms with Crippen LogP contribution in [0.1, 0.15) is 33.3 Å². The van der Waals surface area contributed by atoms with Gasteiger partial charge in [0.25, 0.3) is 0 Å². The fraction of sp³-hybridized carbons (Fsp3) is 0.625. The zero-order valence-corrected chi connectivity index (χ0v) is 14.5. The monoisotopic (exact) mass is 340 g/mol. The van der Waals surface area contributed by atoms with Crippen molar-refractivity contribution < 1.29 is 4.74 Å². The summed E-state index contributed by atoms with van der Waals surface area (Å²) in [5.74, 6) is 0. The number of hydrogen-bond acceptors (Lipinski definition) is 3. The number of nitrogens with one attached hydrogen (secondary N) is 1. The highest BCUT2D eigenvalue weighted by Gasteiger charge is 2.28. The lowest BCUT2D eigenvalue weighted by Crippen LogP contribution is -2.48. The molecule has 0 aliphatic carbocycles. The minimum absolute atomic E-state index is 0.0753. The van der Waals surface area contributed by atoms with E-state index in [0.717, 1.165) is 30.7 Å². The number of nitrogens with zero attached hydrogens (tertiary/aromatic N) is 1. The average Bonchev–Trinajstić information content (AvgIpc) is 2.35. The van der Waals surface area contributed by atoms with Crippen molar-refractivity contribution in [2.75, 3.05) is 24.6 Å². The summed E-state index contributed by atoms with van der Waals surface area (Å²) < 4.78 is 6.95. The maximum absolute atomic E-state index is 5.81. The summed E-state index contributed by atoms with van der Waals surface area (Å²) in [7, 11) is 0. The van der Waals surface area contributed by atoms with Crippen LogP contribution in [-0.4, -0.2) is 31.3 Å². The molecule has 0 spiro atoms. The topological polar surface area (TPSA) is 24.5 Å². The van der Waals surface area contributed by atoms with Crippen LogP contribution in [0.15, 0.2) is 22.7 Å². The number of halogens is 1. The van der Waals surface area contributed by atoms with E-state index in [0.29, 0.717) is 6.04 Å². The van der Waals surface area contributed by atoms with Crippen LogP contribution < -0.4 is 10.2 Å². The van der Waals surface area contributed by atoms with Crippen molar-refractivity contribution in [2.45, 2.75) is 45.9 Å². The first-order valence-electron chi connectivity index (χ1n) is 7.28. The molecule has 0 saturated carbocycles. The Labute approximate surface area is 130 Å². The van der Waals surface area contributed by atoms with Crippen LogP contribution in [0.3, 0.4) is 0 Å². The lowest BCUT2D eigenvalue weighted by atomic mass is 10.0. The van der Waals surface area contributed by atoms with Gasteiger partial charge in [-0.25, -0.2) is 0 Å². The molecule has 1 heterocycles. The molecule has 1 fully saturated rings. The van der Waals surface area contributed by atoms with Crippen molar-refractivity contribution in [3.63, 3.8) is 0 Å². The molecule has 1 N–H and O–H groups in total. The SMILES string of the molecule is CC(C)NCc1cc(Br)ccc1N1CCOC(C)(C)C1. The number of hydrogen-bond donors (Lipinski definition) is 1. The standard InChI is InChI=1S/C16H25BrN2O/c1-12(2)18-10-13-9-14(17)5-6-15(13)19-7-8-20-16(3,4)11-19/h5-6,9,12,18H,7-8,10-11H2,1-4H3. The normalized spacial score (nSPS) is 18.6. The Morgan fingerprint density at radius 1 is 1.40 bits per heavy atom. The molecular formula is C16H25BrN2O. The molecule has 0 bridgehead atoms. The van der Waals surface area contributed by atoms with E-state index in [1.165, 1.54) is 11.3 Å². The van der Waals surface area contributed by atoms with Gasteiger partial charge in [-0.3, -0.25) is 0 Å². The fourth-order valence-electron chi connectivity index (χ4n) is 2.54. The van der Waals surface area contributed by atoms with Crippen LogP contribution in [0.2, 0.25) is 0 Å². The molecule has 1 aromatic carbocycles. The Bertz CT molecular complexity index is 460. The molecule has 0 atom stereocenters. The van der Waals surface area contributed by atoms with E-state index < -0.39 is 0 Å². The summed E-state index contributed by atoms with van der Waals surface area (Å²) in [6.07, 6.45) is 0. The van der Waals surface area contributed by atoms with E-state index in [9.17, 15) is 0 Å². The Kier molecular flexibility index (Phi) is 5.10. The first-order valence-corrected chi connectivity index (χ1v) is 8.07. The van der Waals surface area contributed by atoms with E-state index in [4.69, 9.17) is 4.74 Å². The Balaban J connectivity index is 2.21. The third-order valence-electron chi connectivity index (χ3n) is 3.51. The van der Waals surface area contributed by atoms with E-state index >= 15 is 0 Å². The van der Waals surface area contributed by atoms with E-state index in [1.54, 1.807) is 0 Å². The number of morpholine rings is 1. The van der Waals surface area contributed by atoms with Gasteiger partial charge in [-0.05, 0) is 37.6 Å². The molecule has 0 unspecified atom stereocenters. The van der Waals surface area contributed by atoms with Crippen LogP contribution in [0.5, 0.6) is 0 Å². The van der Waals surface area contributed by atoms with Crippen LogP contribution >= 0.6 is 15.9 Å². The third kappa shape index (κ3) is 4.21. The van der Waals surface area contributed by atoms with Gasteiger partial charge in [0.2, 0.25) is 0 Å². The number of benzene rings is 1. The zero-order chi connectivity index (χ0) is 14.8. The van der Waals surface area contributed by atoms with Gasteiger partial charge in [0.05, 0.1) is 12.2 Å². The van der Waals surface area contributed by atoms with Crippen molar-refractivity contribution in [2.24, 2.45) is 0 Å². The van der Waals surface area contributed by atoms with Crippen molar-refractivity contribution >= 4 is 21.6 Å². The van der Waals surface area contributed by atoms with Gasteiger partial charge in [0, 0.05) is 35.8 Å². The highest BCUT2D eigenvalue weighted by atomic mass is 79.9. The Morgan fingerprint density at radius 2 is 2.15 bits per heavy atom.